The maximum Gasteiger partial charge on any atom is 0.335 e. The highest BCUT2D eigenvalue weighted by Crippen LogP contribution is 2.36. The van der Waals surface area contributed by atoms with Crippen molar-refractivity contribution in [3.05, 3.63) is 81.3 Å². The highest BCUT2D eigenvalue weighted by Gasteiger charge is 2.33. The molecule has 3 aromatic rings. The van der Waals surface area contributed by atoms with Gasteiger partial charge in [-0.25, -0.2) is 9.78 Å². The van der Waals surface area contributed by atoms with Gasteiger partial charge >= 0.3 is 5.97 Å². The van der Waals surface area contributed by atoms with Crippen LogP contribution in [0.15, 0.2) is 53.9 Å². The lowest BCUT2D eigenvalue weighted by atomic mass is 9.80. The number of carboxylic acid groups (broad SMARTS) is 1. The van der Waals surface area contributed by atoms with Gasteiger partial charge in [-0.05, 0) is 62.1 Å². The van der Waals surface area contributed by atoms with Crippen LogP contribution in [0.5, 0.6) is 0 Å². The summed E-state index contributed by atoms with van der Waals surface area (Å²) in [6, 6.07) is 14.2. The monoisotopic (exact) mass is 446 g/mol. The van der Waals surface area contributed by atoms with Gasteiger partial charge in [-0.2, -0.15) is 0 Å². The summed E-state index contributed by atoms with van der Waals surface area (Å²) in [5.41, 5.74) is 2.41. The fourth-order valence-corrected chi connectivity index (χ4v) is 4.57. The Hall–Kier alpha value is -3.25. The number of amides is 1. The predicted molar refractivity (Wildman–Crippen MR) is 129 cm³/mol. The Kier molecular flexibility index (Phi) is 6.24. The van der Waals surface area contributed by atoms with E-state index in [1.807, 2.05) is 36.4 Å². The molecule has 0 spiro atoms. The second-order valence-electron chi connectivity index (χ2n) is 8.63. The number of thiazole rings is 1. The smallest absolute Gasteiger partial charge is 0.335 e. The fourth-order valence-electron chi connectivity index (χ4n) is 3.78. The van der Waals surface area contributed by atoms with Crippen LogP contribution in [-0.4, -0.2) is 22.0 Å². The van der Waals surface area contributed by atoms with E-state index in [0.29, 0.717) is 17.2 Å². The molecule has 6 heteroatoms. The lowest BCUT2D eigenvalue weighted by Crippen LogP contribution is -2.36. The molecule has 1 fully saturated rings. The number of carboxylic acids is 1. The molecule has 0 bridgehead atoms. The summed E-state index contributed by atoms with van der Waals surface area (Å²) < 4.78 is 0. The maximum absolute atomic E-state index is 13.1. The van der Waals surface area contributed by atoms with E-state index >= 15 is 0 Å². The van der Waals surface area contributed by atoms with Crippen molar-refractivity contribution < 1.29 is 14.7 Å². The second-order valence-corrected chi connectivity index (χ2v) is 9.52. The quantitative estimate of drug-likeness (QED) is 0.453. The van der Waals surface area contributed by atoms with Gasteiger partial charge in [-0.3, -0.25) is 4.79 Å². The first kappa shape index (κ1) is 22.0. The van der Waals surface area contributed by atoms with Crippen molar-refractivity contribution in [3.8, 4) is 0 Å². The number of aromatic nitrogens is 1. The van der Waals surface area contributed by atoms with Crippen molar-refractivity contribution in [1.82, 2.24) is 4.98 Å². The number of aromatic carboxylic acids is 1. The van der Waals surface area contributed by atoms with Crippen molar-refractivity contribution in [3.63, 3.8) is 0 Å². The van der Waals surface area contributed by atoms with E-state index in [1.165, 1.54) is 31.0 Å². The van der Waals surface area contributed by atoms with E-state index in [2.05, 4.69) is 10.7 Å². The Morgan fingerprint density at radius 2 is 1.91 bits per heavy atom. The van der Waals surface area contributed by atoms with Gasteiger partial charge in [0.25, 0.3) is 0 Å². The van der Waals surface area contributed by atoms with E-state index in [1.54, 1.807) is 43.4 Å². The molecule has 4 rings (SSSR count). The zero-order chi connectivity index (χ0) is 22.7. The predicted octanol–water partition coefficient (Wildman–Crippen LogP) is 6.20. The lowest BCUT2D eigenvalue weighted by Gasteiger charge is -2.25. The Morgan fingerprint density at radius 3 is 2.62 bits per heavy atom. The molecule has 1 aromatic heterocycles. The number of benzene rings is 2. The van der Waals surface area contributed by atoms with Gasteiger partial charge in [0.15, 0.2) is 0 Å². The number of hydrogen-bond donors (Lipinski definition) is 2. The molecule has 2 N–H and O–H groups in total. The summed E-state index contributed by atoms with van der Waals surface area (Å²) in [5, 5.41) is 15.6. The highest BCUT2D eigenvalue weighted by atomic mass is 32.1. The number of nitrogens with zero attached hydrogens (tertiary/aromatic N) is 1. The van der Waals surface area contributed by atoms with Crippen molar-refractivity contribution in [2.45, 2.75) is 44.4 Å². The molecule has 32 heavy (non-hydrogen) atoms. The van der Waals surface area contributed by atoms with E-state index in [4.69, 9.17) is 4.98 Å². The largest absolute Gasteiger partial charge is 0.478 e. The molecule has 0 radical (unpaired) electrons. The Labute approximate surface area is 191 Å². The first-order valence-electron chi connectivity index (χ1n) is 10.7. The molecule has 0 atom stereocenters. The molecule has 1 saturated carbocycles. The second kappa shape index (κ2) is 9.09. The summed E-state index contributed by atoms with van der Waals surface area (Å²) in [4.78, 5) is 29.4. The minimum atomic E-state index is -1.05. The average Bonchev–Trinajstić information content (AvgIpc) is 3.19. The minimum Gasteiger partial charge on any atom is -0.478 e. The molecular formula is C26H26N2O3S. The zero-order valence-corrected chi connectivity index (χ0v) is 19.0. The van der Waals surface area contributed by atoms with Crippen LogP contribution >= 0.6 is 11.3 Å². The zero-order valence-electron chi connectivity index (χ0n) is 18.2. The molecule has 0 aliphatic heterocycles. The third-order valence-corrected chi connectivity index (χ3v) is 6.85. The number of carbonyl (C=O) groups is 2. The number of anilines is 1. The van der Waals surface area contributed by atoms with Gasteiger partial charge < -0.3 is 10.4 Å². The van der Waals surface area contributed by atoms with Crippen LogP contribution in [0.2, 0.25) is 0 Å². The van der Waals surface area contributed by atoms with Crippen molar-refractivity contribution in [2.24, 2.45) is 0 Å². The first-order valence-corrected chi connectivity index (χ1v) is 11.6. The number of nitrogens with one attached hydrogen (secondary N) is 1. The summed E-state index contributed by atoms with van der Waals surface area (Å²) in [7, 11) is 0. The summed E-state index contributed by atoms with van der Waals surface area (Å²) >= 11 is 1.65. The number of hydrogen-bond acceptors (Lipinski definition) is 4. The van der Waals surface area contributed by atoms with Gasteiger partial charge in [0, 0.05) is 17.0 Å². The van der Waals surface area contributed by atoms with Gasteiger partial charge in [0.1, 0.15) is 5.01 Å². The maximum atomic E-state index is 13.1. The molecular weight excluding hydrogens is 420 g/mol. The SMILES string of the molecule is CC(C)(C(=O)Nc1cccc(/C=C/c2nc(C3CCC3)cs2)c1)c1ccccc1C(=O)O. The number of carbonyl (C=O) groups excluding carboxylic acids is 1. The highest BCUT2D eigenvalue weighted by molar-refractivity contribution is 7.10. The molecule has 164 valence electrons. The standard InChI is InChI=1S/C26H26N2O3S/c1-26(2,21-12-4-3-11-20(21)24(29)30)25(31)27-19-10-5-7-17(15-19)13-14-23-28-22(16-32-23)18-8-6-9-18/h3-5,7,10-16,18H,6,8-9H2,1-2H3,(H,27,31)(H,29,30)/b14-13+. The van der Waals surface area contributed by atoms with E-state index in [0.717, 1.165) is 10.6 Å². The van der Waals surface area contributed by atoms with Crippen molar-refractivity contribution in [1.29, 1.82) is 0 Å². The molecule has 1 aliphatic rings. The topological polar surface area (TPSA) is 79.3 Å². The van der Waals surface area contributed by atoms with Crippen molar-refractivity contribution >= 4 is 41.1 Å². The molecule has 1 amide bonds. The van der Waals surface area contributed by atoms with E-state index < -0.39 is 11.4 Å². The van der Waals surface area contributed by atoms with Crippen LogP contribution in [0.4, 0.5) is 5.69 Å². The van der Waals surface area contributed by atoms with Crippen LogP contribution in [0, 0.1) is 0 Å². The Morgan fingerprint density at radius 1 is 1.12 bits per heavy atom. The summed E-state index contributed by atoms with van der Waals surface area (Å²) in [6.45, 7) is 3.46. The molecule has 1 heterocycles. The van der Waals surface area contributed by atoms with Gasteiger partial charge in [-0.15, -0.1) is 11.3 Å². The first-order chi connectivity index (χ1) is 15.3. The van der Waals surface area contributed by atoms with Crippen LogP contribution in [0.25, 0.3) is 12.2 Å². The van der Waals surface area contributed by atoms with Crippen LogP contribution in [-0.2, 0) is 10.2 Å². The van der Waals surface area contributed by atoms with E-state index in [-0.39, 0.29) is 11.5 Å². The minimum absolute atomic E-state index is 0.133. The molecule has 5 nitrogen and oxygen atoms in total. The van der Waals surface area contributed by atoms with E-state index in [9.17, 15) is 14.7 Å². The third-order valence-electron chi connectivity index (χ3n) is 6.02. The summed E-state index contributed by atoms with van der Waals surface area (Å²) in [5.74, 6) is -0.685. The molecule has 2 aromatic carbocycles. The van der Waals surface area contributed by atoms with Crippen LogP contribution < -0.4 is 5.32 Å². The van der Waals surface area contributed by atoms with Crippen molar-refractivity contribution in [2.75, 3.05) is 5.32 Å². The molecule has 0 unspecified atom stereocenters. The van der Waals surface area contributed by atoms with Crippen LogP contribution in [0.1, 0.15) is 71.2 Å². The Bertz CT molecular complexity index is 1180. The van der Waals surface area contributed by atoms with Gasteiger partial charge in [-0.1, -0.05) is 42.8 Å². The fraction of sp³-hybridized carbons (Fsp3) is 0.269. The van der Waals surface area contributed by atoms with Gasteiger partial charge in [0.05, 0.1) is 16.7 Å². The van der Waals surface area contributed by atoms with Gasteiger partial charge in [0.2, 0.25) is 5.91 Å². The average molecular weight is 447 g/mol. The van der Waals surface area contributed by atoms with Crippen LogP contribution in [0.3, 0.4) is 0 Å². The lowest BCUT2D eigenvalue weighted by molar-refractivity contribution is -0.120. The molecule has 0 saturated heterocycles. The number of rotatable bonds is 7. The summed E-state index contributed by atoms with van der Waals surface area (Å²) in [6.07, 6.45) is 7.76. The normalized spacial score (nSPS) is 14.3. The third kappa shape index (κ3) is 4.65. The Balaban J connectivity index is 1.48. The molecule has 1 aliphatic carbocycles.